The van der Waals surface area contributed by atoms with Gasteiger partial charge in [-0.3, -0.25) is 4.99 Å². The molecule has 1 aromatic carbocycles. The molecule has 0 aliphatic heterocycles. The van der Waals surface area contributed by atoms with Crippen molar-refractivity contribution >= 4 is 40.8 Å². The Morgan fingerprint density at radius 1 is 1.20 bits per heavy atom. The van der Waals surface area contributed by atoms with Crippen LogP contribution in [0, 0.1) is 6.92 Å². The lowest BCUT2D eigenvalue weighted by molar-refractivity contribution is 0.374. The molecule has 0 aliphatic carbocycles. The Balaban J connectivity index is 0.00000225. The first-order valence-electron chi connectivity index (χ1n) is 8.05. The van der Waals surface area contributed by atoms with Crippen molar-refractivity contribution in [3.8, 4) is 0 Å². The normalized spacial score (nSPS) is 11.4. The number of halogens is 1. The summed E-state index contributed by atoms with van der Waals surface area (Å²) in [6.07, 6.45) is 3.66. The molecule has 25 heavy (non-hydrogen) atoms. The van der Waals surface area contributed by atoms with Gasteiger partial charge in [0.05, 0.1) is 0 Å². The fourth-order valence-corrected chi connectivity index (χ4v) is 2.60. The van der Waals surface area contributed by atoms with E-state index in [1.54, 1.807) is 7.05 Å². The largest absolute Gasteiger partial charge is 0.361 e. The Labute approximate surface area is 163 Å². The van der Waals surface area contributed by atoms with Gasteiger partial charge in [-0.05, 0) is 25.0 Å². The monoisotopic (exact) mass is 454 g/mol. The highest BCUT2D eigenvalue weighted by atomic mass is 127. The zero-order chi connectivity index (χ0) is 16.8. The summed E-state index contributed by atoms with van der Waals surface area (Å²) in [6.45, 7) is 3.31. The zero-order valence-corrected chi connectivity index (χ0v) is 16.7. The average molecular weight is 454 g/mol. The van der Waals surface area contributed by atoms with E-state index >= 15 is 0 Å². The summed E-state index contributed by atoms with van der Waals surface area (Å²) in [6, 6.07) is 8.33. The Bertz CT molecular complexity index is 825. The zero-order valence-electron chi connectivity index (χ0n) is 14.4. The Kier molecular flexibility index (Phi) is 7.23. The minimum atomic E-state index is 0. The predicted octanol–water partition coefficient (Wildman–Crippen LogP) is 2.43. The summed E-state index contributed by atoms with van der Waals surface area (Å²) < 4.78 is 5.09. The summed E-state index contributed by atoms with van der Waals surface area (Å²) >= 11 is 0. The van der Waals surface area contributed by atoms with E-state index in [1.165, 1.54) is 16.5 Å². The number of fused-ring (bicyclic) bond motifs is 1. The fourth-order valence-electron chi connectivity index (χ4n) is 2.60. The molecule has 0 atom stereocenters. The molecule has 134 valence electrons. The van der Waals surface area contributed by atoms with Crippen molar-refractivity contribution in [2.45, 2.75) is 19.8 Å². The van der Waals surface area contributed by atoms with Gasteiger partial charge >= 0.3 is 0 Å². The lowest BCUT2D eigenvalue weighted by atomic mass is 10.1. The van der Waals surface area contributed by atoms with Crippen LogP contribution in [0.5, 0.6) is 0 Å². The second kappa shape index (κ2) is 9.40. The summed E-state index contributed by atoms with van der Waals surface area (Å²) in [7, 11) is 1.76. The lowest BCUT2D eigenvalue weighted by Gasteiger charge is -2.10. The number of rotatable bonds is 6. The highest BCUT2D eigenvalue weighted by Crippen LogP contribution is 2.17. The molecule has 0 radical (unpaired) electrons. The number of aromatic amines is 1. The Hall–Kier alpha value is -2.10. The van der Waals surface area contributed by atoms with Crippen molar-refractivity contribution in [1.29, 1.82) is 0 Å². The predicted molar refractivity (Wildman–Crippen MR) is 110 cm³/mol. The first-order chi connectivity index (χ1) is 11.8. The molecule has 0 unspecified atom stereocenters. The minimum Gasteiger partial charge on any atom is -0.361 e. The van der Waals surface area contributed by atoms with Gasteiger partial charge in [0.15, 0.2) is 11.8 Å². The SMILES string of the molecule is CN=C(NCCc1nc(C)no1)NCCc1c[nH]c2ccccc12.I. The van der Waals surface area contributed by atoms with Crippen molar-refractivity contribution in [1.82, 2.24) is 25.8 Å². The molecule has 0 amide bonds. The molecular formula is C17H23IN6O. The molecule has 7 nitrogen and oxygen atoms in total. The van der Waals surface area contributed by atoms with Crippen molar-refractivity contribution < 1.29 is 4.52 Å². The number of aliphatic imine (C=N–C) groups is 1. The van der Waals surface area contributed by atoms with Crippen molar-refractivity contribution in [3.63, 3.8) is 0 Å². The average Bonchev–Trinajstić information content (AvgIpc) is 3.20. The van der Waals surface area contributed by atoms with Crippen LogP contribution in [0.2, 0.25) is 0 Å². The number of aromatic nitrogens is 3. The molecule has 2 heterocycles. The molecule has 3 aromatic rings. The second-order valence-electron chi connectivity index (χ2n) is 5.52. The van der Waals surface area contributed by atoms with Gasteiger partial charge in [0.25, 0.3) is 0 Å². The Morgan fingerprint density at radius 2 is 1.96 bits per heavy atom. The molecule has 0 spiro atoms. The number of H-pyrrole nitrogens is 1. The molecule has 0 aliphatic rings. The van der Waals surface area contributed by atoms with Crippen LogP contribution >= 0.6 is 24.0 Å². The molecule has 0 saturated heterocycles. The lowest BCUT2D eigenvalue weighted by Crippen LogP contribution is -2.39. The molecule has 8 heteroatoms. The van der Waals surface area contributed by atoms with Gasteiger partial charge in [0.1, 0.15) is 0 Å². The van der Waals surface area contributed by atoms with Crippen LogP contribution in [0.4, 0.5) is 0 Å². The van der Waals surface area contributed by atoms with Crippen LogP contribution in [0.1, 0.15) is 17.3 Å². The summed E-state index contributed by atoms with van der Waals surface area (Å²) in [5, 5.41) is 11.6. The third-order valence-corrected chi connectivity index (χ3v) is 3.79. The highest BCUT2D eigenvalue weighted by molar-refractivity contribution is 14.0. The number of para-hydroxylation sites is 1. The molecule has 3 rings (SSSR count). The van der Waals surface area contributed by atoms with Crippen molar-refractivity contribution in [2.75, 3.05) is 20.1 Å². The number of benzene rings is 1. The first kappa shape index (κ1) is 19.2. The van der Waals surface area contributed by atoms with Crippen molar-refractivity contribution in [3.05, 3.63) is 47.7 Å². The number of aryl methyl sites for hydroxylation is 1. The van der Waals surface area contributed by atoms with Crippen LogP contribution in [0.15, 0.2) is 40.0 Å². The molecule has 3 N–H and O–H groups in total. The van der Waals surface area contributed by atoms with Crippen LogP contribution in [0.25, 0.3) is 10.9 Å². The van der Waals surface area contributed by atoms with Crippen LogP contribution in [0.3, 0.4) is 0 Å². The van der Waals surface area contributed by atoms with Gasteiger partial charge in [-0.2, -0.15) is 4.98 Å². The van der Waals surface area contributed by atoms with Crippen molar-refractivity contribution in [2.24, 2.45) is 4.99 Å². The summed E-state index contributed by atoms with van der Waals surface area (Å²) in [5.41, 5.74) is 2.47. The standard InChI is InChI=1S/C17H22N6O.HI/c1-12-22-16(24-23-12)8-10-20-17(18-2)19-9-7-13-11-21-15-6-4-3-5-14(13)15;/h3-6,11,21H,7-10H2,1-2H3,(H2,18,19,20);1H. The first-order valence-corrected chi connectivity index (χ1v) is 8.05. The molecule has 0 saturated carbocycles. The smallest absolute Gasteiger partial charge is 0.228 e. The van der Waals surface area contributed by atoms with E-state index in [9.17, 15) is 0 Å². The third kappa shape index (κ3) is 5.18. The van der Waals surface area contributed by atoms with E-state index in [2.05, 4.69) is 55.1 Å². The second-order valence-corrected chi connectivity index (χ2v) is 5.52. The van der Waals surface area contributed by atoms with Gasteiger partial charge in [-0.25, -0.2) is 0 Å². The van der Waals surface area contributed by atoms with Crippen LogP contribution < -0.4 is 10.6 Å². The van der Waals surface area contributed by atoms with Gasteiger partial charge in [0.2, 0.25) is 5.89 Å². The highest BCUT2D eigenvalue weighted by Gasteiger charge is 2.05. The number of nitrogens with zero attached hydrogens (tertiary/aromatic N) is 3. The van der Waals surface area contributed by atoms with Crippen LogP contribution in [-0.2, 0) is 12.8 Å². The maximum atomic E-state index is 5.09. The molecule has 0 bridgehead atoms. The van der Waals surface area contributed by atoms with Gasteiger partial charge in [-0.1, -0.05) is 23.4 Å². The topological polar surface area (TPSA) is 91.1 Å². The maximum Gasteiger partial charge on any atom is 0.228 e. The summed E-state index contributed by atoms with van der Waals surface area (Å²) in [5.74, 6) is 2.06. The number of hydrogen-bond acceptors (Lipinski definition) is 4. The fraction of sp³-hybridized carbons (Fsp3) is 0.353. The maximum absolute atomic E-state index is 5.09. The van der Waals surface area contributed by atoms with E-state index in [0.717, 1.165) is 18.9 Å². The van der Waals surface area contributed by atoms with Gasteiger partial charge in [-0.15, -0.1) is 24.0 Å². The Morgan fingerprint density at radius 3 is 2.68 bits per heavy atom. The van der Waals surface area contributed by atoms with Gasteiger partial charge < -0.3 is 20.1 Å². The minimum absolute atomic E-state index is 0. The van der Waals surface area contributed by atoms with E-state index in [-0.39, 0.29) is 24.0 Å². The third-order valence-electron chi connectivity index (χ3n) is 3.79. The number of guanidine groups is 1. The van der Waals surface area contributed by atoms with E-state index < -0.39 is 0 Å². The van der Waals surface area contributed by atoms with E-state index in [4.69, 9.17) is 4.52 Å². The van der Waals surface area contributed by atoms with Crippen LogP contribution in [-0.4, -0.2) is 41.2 Å². The van der Waals surface area contributed by atoms with E-state index in [0.29, 0.717) is 24.7 Å². The molecule has 0 fully saturated rings. The molecular weight excluding hydrogens is 431 g/mol. The van der Waals surface area contributed by atoms with Gasteiger partial charge in [0, 0.05) is 43.7 Å². The molecule has 2 aromatic heterocycles. The number of hydrogen-bond donors (Lipinski definition) is 3. The van der Waals surface area contributed by atoms with E-state index in [1.807, 2.05) is 13.0 Å². The quantitative estimate of drug-likeness (QED) is 0.303. The summed E-state index contributed by atoms with van der Waals surface area (Å²) in [4.78, 5) is 11.7. The number of nitrogens with one attached hydrogen (secondary N) is 3.